The predicted molar refractivity (Wildman–Crippen MR) is 120 cm³/mol. The topological polar surface area (TPSA) is 56.7 Å². The number of aryl methyl sites for hydroxylation is 1. The molecule has 0 saturated carbocycles. The molecule has 1 fully saturated rings. The minimum absolute atomic E-state index is 0. The van der Waals surface area contributed by atoms with Crippen molar-refractivity contribution in [3.8, 4) is 0 Å². The summed E-state index contributed by atoms with van der Waals surface area (Å²) in [6.45, 7) is 6.27. The van der Waals surface area contributed by atoms with E-state index < -0.39 is 0 Å². The number of halogens is 2. The molecule has 0 radical (unpaired) electrons. The van der Waals surface area contributed by atoms with Crippen molar-refractivity contribution in [1.82, 2.24) is 19.6 Å². The van der Waals surface area contributed by atoms with Gasteiger partial charge in [0.15, 0.2) is 5.96 Å². The molecule has 1 aliphatic rings. The number of nitrogens with zero attached hydrogens (tertiary/aromatic N) is 5. The second kappa shape index (κ2) is 10.7. The Morgan fingerprint density at radius 3 is 2.63 bits per heavy atom. The van der Waals surface area contributed by atoms with E-state index in [1.807, 2.05) is 12.1 Å². The third-order valence-electron chi connectivity index (χ3n) is 4.47. The number of guanidine groups is 1. The summed E-state index contributed by atoms with van der Waals surface area (Å²) in [5.74, 6) is 1.63. The number of aliphatic imine (C=N–C) groups is 1. The summed E-state index contributed by atoms with van der Waals surface area (Å²) in [5, 5.41) is 4.35. The smallest absolute Gasteiger partial charge is 0.205 e. The van der Waals surface area contributed by atoms with Gasteiger partial charge in [-0.05, 0) is 18.1 Å². The minimum Gasteiger partial charge on any atom is -0.356 e. The maximum absolute atomic E-state index is 13.7. The van der Waals surface area contributed by atoms with Gasteiger partial charge in [0, 0.05) is 57.7 Å². The summed E-state index contributed by atoms with van der Waals surface area (Å²) in [7, 11) is 1.79. The second-order valence-electron chi connectivity index (χ2n) is 6.14. The van der Waals surface area contributed by atoms with Crippen LogP contribution in [0.1, 0.15) is 18.3 Å². The maximum Gasteiger partial charge on any atom is 0.205 e. The van der Waals surface area contributed by atoms with Gasteiger partial charge in [-0.3, -0.25) is 4.99 Å². The Labute approximate surface area is 181 Å². The lowest BCUT2D eigenvalue weighted by Gasteiger charge is -2.36. The maximum atomic E-state index is 13.7. The molecule has 0 amide bonds. The lowest BCUT2D eigenvalue weighted by Crippen LogP contribution is -2.52. The van der Waals surface area contributed by atoms with Crippen LogP contribution >= 0.6 is 35.5 Å². The van der Waals surface area contributed by atoms with Crippen molar-refractivity contribution in [1.29, 1.82) is 0 Å². The molecule has 3 rings (SSSR count). The fraction of sp³-hybridized carbons (Fsp3) is 0.500. The molecule has 9 heteroatoms. The zero-order valence-electron chi connectivity index (χ0n) is 15.7. The highest BCUT2D eigenvalue weighted by Crippen LogP contribution is 2.19. The van der Waals surface area contributed by atoms with E-state index in [0.717, 1.165) is 55.1 Å². The summed E-state index contributed by atoms with van der Waals surface area (Å²) in [4.78, 5) is 13.5. The average molecular weight is 504 g/mol. The van der Waals surface area contributed by atoms with Crippen LogP contribution in [0.3, 0.4) is 0 Å². The molecule has 0 unspecified atom stereocenters. The van der Waals surface area contributed by atoms with Crippen LogP contribution in [0.4, 0.5) is 9.52 Å². The van der Waals surface area contributed by atoms with E-state index in [9.17, 15) is 4.39 Å². The second-order valence-corrected chi connectivity index (χ2v) is 6.87. The minimum atomic E-state index is -0.151. The van der Waals surface area contributed by atoms with Crippen molar-refractivity contribution in [2.24, 2.45) is 4.99 Å². The van der Waals surface area contributed by atoms with Gasteiger partial charge in [0.25, 0.3) is 0 Å². The molecular weight excluding hydrogens is 478 g/mol. The van der Waals surface area contributed by atoms with Crippen LogP contribution in [0.5, 0.6) is 0 Å². The van der Waals surface area contributed by atoms with Gasteiger partial charge in [-0.25, -0.2) is 9.37 Å². The third-order valence-corrected chi connectivity index (χ3v) is 5.29. The third kappa shape index (κ3) is 5.74. The van der Waals surface area contributed by atoms with Crippen LogP contribution in [0.25, 0.3) is 0 Å². The van der Waals surface area contributed by atoms with Gasteiger partial charge < -0.3 is 15.1 Å². The lowest BCUT2D eigenvalue weighted by molar-refractivity contribution is 0.372. The molecule has 2 aromatic rings. The van der Waals surface area contributed by atoms with Crippen molar-refractivity contribution in [2.75, 3.05) is 44.7 Å². The summed E-state index contributed by atoms with van der Waals surface area (Å²) in [6.07, 6.45) is 1.51. The molecule has 0 bridgehead atoms. The number of hydrogen-bond acceptors (Lipinski definition) is 5. The number of hydrogen-bond donors (Lipinski definition) is 1. The zero-order valence-corrected chi connectivity index (χ0v) is 18.8. The number of benzene rings is 1. The SMILES string of the molecule is CCc1nsc(N2CCN(C(=NC)NCCc3ccccc3F)CC2)n1.I. The van der Waals surface area contributed by atoms with Gasteiger partial charge in [0.1, 0.15) is 11.6 Å². The van der Waals surface area contributed by atoms with Crippen LogP contribution in [0, 0.1) is 5.82 Å². The summed E-state index contributed by atoms with van der Waals surface area (Å²) < 4.78 is 18.1. The van der Waals surface area contributed by atoms with E-state index in [0.29, 0.717) is 13.0 Å². The lowest BCUT2D eigenvalue weighted by atomic mass is 10.1. The molecule has 1 aromatic carbocycles. The Morgan fingerprint density at radius 2 is 2.00 bits per heavy atom. The van der Waals surface area contributed by atoms with Gasteiger partial charge in [-0.2, -0.15) is 4.37 Å². The normalized spacial score (nSPS) is 14.9. The molecule has 1 N–H and O–H groups in total. The molecule has 27 heavy (non-hydrogen) atoms. The van der Waals surface area contributed by atoms with Crippen molar-refractivity contribution in [2.45, 2.75) is 19.8 Å². The number of nitrogens with one attached hydrogen (secondary N) is 1. The molecule has 0 aliphatic carbocycles. The van der Waals surface area contributed by atoms with Gasteiger partial charge in [-0.1, -0.05) is 25.1 Å². The standard InChI is InChI=1S/C18H25FN6S.HI/c1-3-16-22-18(26-23-16)25-12-10-24(11-13-25)17(20-2)21-9-8-14-6-4-5-7-15(14)19;/h4-7H,3,8-13H2,1-2H3,(H,20,21);1H. The van der Waals surface area contributed by atoms with Gasteiger partial charge in [0.05, 0.1) is 0 Å². The molecule has 0 atom stereocenters. The van der Waals surface area contributed by atoms with Crippen LogP contribution < -0.4 is 10.2 Å². The Bertz CT molecular complexity index is 745. The van der Waals surface area contributed by atoms with E-state index >= 15 is 0 Å². The van der Waals surface area contributed by atoms with Gasteiger partial charge in [0.2, 0.25) is 5.13 Å². The fourth-order valence-electron chi connectivity index (χ4n) is 2.97. The van der Waals surface area contributed by atoms with E-state index in [2.05, 4.69) is 36.4 Å². The quantitative estimate of drug-likeness (QED) is 0.386. The first-order valence-corrected chi connectivity index (χ1v) is 9.75. The monoisotopic (exact) mass is 504 g/mol. The molecule has 2 heterocycles. The van der Waals surface area contributed by atoms with E-state index in [-0.39, 0.29) is 29.8 Å². The van der Waals surface area contributed by atoms with E-state index in [1.54, 1.807) is 13.1 Å². The Kier molecular flexibility index (Phi) is 8.68. The number of piperazine rings is 1. The van der Waals surface area contributed by atoms with Crippen molar-refractivity contribution >= 4 is 46.6 Å². The zero-order chi connectivity index (χ0) is 18.4. The largest absolute Gasteiger partial charge is 0.356 e. The summed E-state index contributed by atoms with van der Waals surface area (Å²) in [6, 6.07) is 6.90. The molecule has 148 valence electrons. The Balaban J connectivity index is 0.00000261. The average Bonchev–Trinajstić information content (AvgIpc) is 3.16. The Hall–Kier alpha value is -1.49. The summed E-state index contributed by atoms with van der Waals surface area (Å²) in [5.41, 5.74) is 0.725. The van der Waals surface area contributed by atoms with Crippen LogP contribution in [0.15, 0.2) is 29.3 Å². The molecule has 1 aliphatic heterocycles. The highest BCUT2D eigenvalue weighted by molar-refractivity contribution is 14.0. The van der Waals surface area contributed by atoms with Crippen molar-refractivity contribution < 1.29 is 4.39 Å². The first kappa shape index (κ1) is 21.8. The molecule has 6 nitrogen and oxygen atoms in total. The highest BCUT2D eigenvalue weighted by Gasteiger charge is 2.21. The molecule has 0 spiro atoms. The first-order valence-electron chi connectivity index (χ1n) is 8.97. The first-order chi connectivity index (χ1) is 12.7. The highest BCUT2D eigenvalue weighted by atomic mass is 127. The number of rotatable bonds is 5. The van der Waals surface area contributed by atoms with Crippen molar-refractivity contribution in [3.05, 3.63) is 41.5 Å². The van der Waals surface area contributed by atoms with Gasteiger partial charge >= 0.3 is 0 Å². The number of aromatic nitrogens is 2. The van der Waals surface area contributed by atoms with Crippen LogP contribution in [-0.4, -0.2) is 60.0 Å². The Morgan fingerprint density at radius 1 is 1.26 bits per heavy atom. The molecular formula is C18H26FIN6S. The van der Waals surface area contributed by atoms with Crippen molar-refractivity contribution in [3.63, 3.8) is 0 Å². The number of anilines is 1. The van der Waals surface area contributed by atoms with Crippen LogP contribution in [0.2, 0.25) is 0 Å². The van der Waals surface area contributed by atoms with E-state index in [4.69, 9.17) is 0 Å². The van der Waals surface area contributed by atoms with Crippen LogP contribution in [-0.2, 0) is 12.8 Å². The van der Waals surface area contributed by atoms with Gasteiger partial charge in [-0.15, -0.1) is 24.0 Å². The molecule has 1 aromatic heterocycles. The fourth-order valence-corrected chi connectivity index (χ4v) is 3.77. The van der Waals surface area contributed by atoms with E-state index in [1.165, 1.54) is 17.6 Å². The molecule has 1 saturated heterocycles. The predicted octanol–water partition coefficient (Wildman–Crippen LogP) is 2.80. The summed E-state index contributed by atoms with van der Waals surface area (Å²) >= 11 is 1.47.